The number of nitrogens with zero attached hydrogens (tertiary/aromatic N) is 1. The summed E-state index contributed by atoms with van der Waals surface area (Å²) in [6.07, 6.45) is 0. The smallest absolute Gasteiger partial charge is 0.339 e. The molecule has 2 aromatic carbocycles. The maximum absolute atomic E-state index is 13.2. The van der Waals surface area contributed by atoms with Crippen molar-refractivity contribution >= 4 is 11.7 Å². The number of anilines is 1. The molecule has 0 aromatic heterocycles. The topological polar surface area (TPSA) is 49.8 Å². The normalized spacial score (nSPS) is 10.2. The molecule has 0 unspecified atom stereocenters. The molecule has 4 nitrogen and oxygen atoms in total. The lowest BCUT2D eigenvalue weighted by Gasteiger charge is -2.20. The van der Waals surface area contributed by atoms with E-state index in [4.69, 9.17) is 9.84 Å². The van der Waals surface area contributed by atoms with Gasteiger partial charge in [-0.25, -0.2) is 9.18 Å². The average molecular weight is 289 g/mol. The van der Waals surface area contributed by atoms with Gasteiger partial charge in [-0.2, -0.15) is 0 Å². The minimum absolute atomic E-state index is 0.114. The molecule has 0 radical (unpaired) electrons. The lowest BCUT2D eigenvalue weighted by molar-refractivity contribution is 0.0693. The molecule has 5 heteroatoms. The van der Waals surface area contributed by atoms with Crippen molar-refractivity contribution in [2.45, 2.75) is 6.54 Å². The number of hydrogen-bond acceptors (Lipinski definition) is 3. The molecule has 0 saturated heterocycles. The molecule has 0 aliphatic rings. The van der Waals surface area contributed by atoms with Gasteiger partial charge in [0.25, 0.3) is 0 Å². The first-order valence-electron chi connectivity index (χ1n) is 6.38. The number of rotatable bonds is 5. The summed E-state index contributed by atoms with van der Waals surface area (Å²) in [6, 6.07) is 11.2. The van der Waals surface area contributed by atoms with E-state index in [1.54, 1.807) is 30.3 Å². The number of ether oxygens (including phenoxy) is 1. The first kappa shape index (κ1) is 14.8. The van der Waals surface area contributed by atoms with Crippen molar-refractivity contribution in [3.8, 4) is 5.75 Å². The lowest BCUT2D eigenvalue weighted by atomic mass is 10.1. The van der Waals surface area contributed by atoms with Crippen molar-refractivity contribution < 1.29 is 19.0 Å². The van der Waals surface area contributed by atoms with Crippen molar-refractivity contribution in [3.63, 3.8) is 0 Å². The average Bonchev–Trinajstić information content (AvgIpc) is 2.47. The summed E-state index contributed by atoms with van der Waals surface area (Å²) >= 11 is 0. The van der Waals surface area contributed by atoms with Crippen LogP contribution in [0, 0.1) is 5.82 Å². The van der Waals surface area contributed by atoms with Crippen molar-refractivity contribution in [1.29, 1.82) is 0 Å². The summed E-state index contributed by atoms with van der Waals surface area (Å²) in [5.74, 6) is -1.03. The predicted octanol–water partition coefficient (Wildman–Crippen LogP) is 3.17. The van der Waals surface area contributed by atoms with Gasteiger partial charge in [0.1, 0.15) is 17.1 Å². The zero-order valence-corrected chi connectivity index (χ0v) is 11.8. The second-order valence-electron chi connectivity index (χ2n) is 4.68. The van der Waals surface area contributed by atoms with Crippen LogP contribution in [-0.2, 0) is 6.54 Å². The summed E-state index contributed by atoms with van der Waals surface area (Å²) in [5.41, 5.74) is 1.64. The van der Waals surface area contributed by atoms with E-state index < -0.39 is 5.97 Å². The standard InChI is InChI=1S/C16H16FNO3/c1-18(13-5-3-4-12(17)9-13)10-11-6-7-15(21-2)14(8-11)16(19)20/h3-9H,10H2,1-2H3,(H,19,20). The second kappa shape index (κ2) is 6.26. The van der Waals surface area contributed by atoms with Crippen LogP contribution in [0.2, 0.25) is 0 Å². The third-order valence-corrected chi connectivity index (χ3v) is 3.16. The van der Waals surface area contributed by atoms with E-state index in [0.717, 1.165) is 11.3 Å². The van der Waals surface area contributed by atoms with Gasteiger partial charge in [0.15, 0.2) is 0 Å². The Bertz CT molecular complexity index is 658. The van der Waals surface area contributed by atoms with Gasteiger partial charge in [0.05, 0.1) is 7.11 Å². The fourth-order valence-electron chi connectivity index (χ4n) is 2.10. The van der Waals surface area contributed by atoms with E-state index in [1.807, 2.05) is 11.9 Å². The predicted molar refractivity (Wildman–Crippen MR) is 78.5 cm³/mol. The van der Waals surface area contributed by atoms with Gasteiger partial charge in [0, 0.05) is 19.3 Å². The number of aromatic carboxylic acids is 1. The number of hydrogen-bond donors (Lipinski definition) is 1. The van der Waals surface area contributed by atoms with Gasteiger partial charge in [-0.1, -0.05) is 12.1 Å². The molecule has 0 bridgehead atoms. The van der Waals surface area contributed by atoms with Crippen LogP contribution in [0.5, 0.6) is 5.75 Å². The van der Waals surface area contributed by atoms with E-state index in [9.17, 15) is 9.18 Å². The molecule has 21 heavy (non-hydrogen) atoms. The molecular weight excluding hydrogens is 273 g/mol. The summed E-state index contributed by atoms with van der Waals surface area (Å²) in [7, 11) is 3.25. The van der Waals surface area contributed by atoms with E-state index in [1.165, 1.54) is 19.2 Å². The number of benzene rings is 2. The van der Waals surface area contributed by atoms with Crippen LogP contribution < -0.4 is 9.64 Å². The molecule has 1 N–H and O–H groups in total. The monoisotopic (exact) mass is 289 g/mol. The maximum Gasteiger partial charge on any atom is 0.339 e. The van der Waals surface area contributed by atoms with Crippen LogP contribution in [-0.4, -0.2) is 25.2 Å². The van der Waals surface area contributed by atoms with Crippen molar-refractivity contribution in [2.24, 2.45) is 0 Å². The van der Waals surface area contributed by atoms with E-state index in [-0.39, 0.29) is 11.4 Å². The Morgan fingerprint density at radius 2 is 2.05 bits per heavy atom. The number of carboxylic acids is 1. The highest BCUT2D eigenvalue weighted by atomic mass is 19.1. The largest absolute Gasteiger partial charge is 0.496 e. The number of carboxylic acid groups (broad SMARTS) is 1. The Labute approximate surface area is 122 Å². The van der Waals surface area contributed by atoms with Gasteiger partial charge < -0.3 is 14.7 Å². The third kappa shape index (κ3) is 3.51. The van der Waals surface area contributed by atoms with Gasteiger partial charge in [0.2, 0.25) is 0 Å². The Hall–Kier alpha value is -2.56. The summed E-state index contributed by atoms with van der Waals surface area (Å²) < 4.78 is 18.2. The van der Waals surface area contributed by atoms with Gasteiger partial charge in [-0.15, -0.1) is 0 Å². The third-order valence-electron chi connectivity index (χ3n) is 3.16. The van der Waals surface area contributed by atoms with Crippen LogP contribution in [0.3, 0.4) is 0 Å². The Morgan fingerprint density at radius 3 is 2.67 bits per heavy atom. The van der Waals surface area contributed by atoms with Crippen molar-refractivity contribution in [3.05, 3.63) is 59.4 Å². The minimum atomic E-state index is -1.04. The van der Waals surface area contributed by atoms with Crippen LogP contribution in [0.15, 0.2) is 42.5 Å². The fourth-order valence-corrected chi connectivity index (χ4v) is 2.10. The molecule has 0 aliphatic carbocycles. The highest BCUT2D eigenvalue weighted by molar-refractivity contribution is 5.91. The molecule has 0 saturated carbocycles. The quantitative estimate of drug-likeness (QED) is 0.918. The van der Waals surface area contributed by atoms with Crippen molar-refractivity contribution in [1.82, 2.24) is 0 Å². The maximum atomic E-state index is 13.2. The van der Waals surface area contributed by atoms with Crippen LogP contribution in [0.25, 0.3) is 0 Å². The highest BCUT2D eigenvalue weighted by Gasteiger charge is 2.12. The summed E-state index contributed by atoms with van der Waals surface area (Å²) in [6.45, 7) is 0.466. The van der Waals surface area contributed by atoms with Gasteiger partial charge in [-0.3, -0.25) is 0 Å². The molecule has 0 amide bonds. The molecule has 110 valence electrons. The molecular formula is C16H16FNO3. The number of methoxy groups -OCH3 is 1. The van der Waals surface area contributed by atoms with Crippen LogP contribution in [0.1, 0.15) is 15.9 Å². The SMILES string of the molecule is COc1ccc(CN(C)c2cccc(F)c2)cc1C(=O)O. The molecule has 2 rings (SSSR count). The van der Waals surface area contributed by atoms with Gasteiger partial charge >= 0.3 is 5.97 Å². The molecule has 2 aromatic rings. The molecule has 0 atom stereocenters. The number of carbonyl (C=O) groups is 1. The number of halogens is 1. The zero-order chi connectivity index (χ0) is 15.4. The lowest BCUT2D eigenvalue weighted by Crippen LogP contribution is -2.17. The zero-order valence-electron chi connectivity index (χ0n) is 11.8. The second-order valence-corrected chi connectivity index (χ2v) is 4.68. The molecule has 0 spiro atoms. The molecule has 0 aliphatic heterocycles. The van der Waals surface area contributed by atoms with E-state index in [2.05, 4.69) is 0 Å². The molecule has 0 fully saturated rings. The Morgan fingerprint density at radius 1 is 1.29 bits per heavy atom. The van der Waals surface area contributed by atoms with Crippen LogP contribution >= 0.6 is 0 Å². The summed E-state index contributed by atoms with van der Waals surface area (Å²) in [5, 5.41) is 9.17. The van der Waals surface area contributed by atoms with E-state index in [0.29, 0.717) is 12.3 Å². The first-order chi connectivity index (χ1) is 10.0. The Balaban J connectivity index is 2.23. The fraction of sp³-hybridized carbons (Fsp3) is 0.188. The summed E-state index contributed by atoms with van der Waals surface area (Å²) in [4.78, 5) is 13.0. The molecule has 0 heterocycles. The van der Waals surface area contributed by atoms with Crippen LogP contribution in [0.4, 0.5) is 10.1 Å². The van der Waals surface area contributed by atoms with Crippen molar-refractivity contribution in [2.75, 3.05) is 19.1 Å². The first-order valence-corrected chi connectivity index (χ1v) is 6.38. The Kier molecular flexibility index (Phi) is 4.42. The minimum Gasteiger partial charge on any atom is -0.496 e. The highest BCUT2D eigenvalue weighted by Crippen LogP contribution is 2.22. The van der Waals surface area contributed by atoms with Gasteiger partial charge in [-0.05, 0) is 35.9 Å². The van der Waals surface area contributed by atoms with E-state index >= 15 is 0 Å².